The van der Waals surface area contributed by atoms with Gasteiger partial charge in [-0.25, -0.2) is 9.97 Å². The highest BCUT2D eigenvalue weighted by atomic mass is 14.9. The quantitative estimate of drug-likeness (QED) is 0.143. The molecule has 224 valence electrons. The van der Waals surface area contributed by atoms with Crippen molar-refractivity contribution in [2.75, 3.05) is 0 Å². The topological polar surface area (TPSA) is 25.8 Å². The van der Waals surface area contributed by atoms with E-state index >= 15 is 0 Å². The van der Waals surface area contributed by atoms with Gasteiger partial charge in [0.25, 0.3) is 0 Å². The average Bonchev–Trinajstić information content (AvgIpc) is 3.17. The van der Waals surface area contributed by atoms with Crippen LogP contribution in [0.4, 0.5) is 0 Å². The van der Waals surface area contributed by atoms with E-state index in [1.54, 1.807) is 0 Å². The van der Waals surface area contributed by atoms with Crippen molar-refractivity contribution in [2.24, 2.45) is 0 Å². The Kier molecular flexibility index (Phi) is 6.84. The molecule has 0 atom stereocenters. The molecule has 1 heterocycles. The van der Waals surface area contributed by atoms with E-state index in [9.17, 15) is 0 Å². The van der Waals surface area contributed by atoms with Crippen molar-refractivity contribution >= 4 is 32.3 Å². The van der Waals surface area contributed by atoms with Gasteiger partial charge in [0.1, 0.15) is 0 Å². The van der Waals surface area contributed by atoms with E-state index in [1.165, 1.54) is 43.8 Å². The highest BCUT2D eigenvalue weighted by Crippen LogP contribution is 2.40. The molecule has 0 aliphatic carbocycles. The minimum atomic E-state index is 0.721. The molecule has 48 heavy (non-hydrogen) atoms. The number of aromatic nitrogens is 2. The zero-order chi connectivity index (χ0) is 31.9. The molecule has 0 unspecified atom stereocenters. The van der Waals surface area contributed by atoms with Gasteiger partial charge < -0.3 is 0 Å². The molecule has 2 nitrogen and oxygen atoms in total. The van der Waals surface area contributed by atoms with Crippen LogP contribution in [0.15, 0.2) is 182 Å². The predicted molar refractivity (Wildman–Crippen MR) is 202 cm³/mol. The fraction of sp³-hybridized carbons (Fsp3) is 0. The maximum absolute atomic E-state index is 5.34. The van der Waals surface area contributed by atoms with Crippen LogP contribution in [0.3, 0.4) is 0 Å². The summed E-state index contributed by atoms with van der Waals surface area (Å²) in [6.45, 7) is 0. The van der Waals surface area contributed by atoms with Crippen LogP contribution in [0.5, 0.6) is 0 Å². The summed E-state index contributed by atoms with van der Waals surface area (Å²) >= 11 is 0. The number of benzene rings is 8. The number of hydrogen-bond acceptors (Lipinski definition) is 2. The van der Waals surface area contributed by atoms with E-state index < -0.39 is 0 Å². The fourth-order valence-electron chi connectivity index (χ4n) is 6.84. The van der Waals surface area contributed by atoms with Gasteiger partial charge in [-0.15, -0.1) is 0 Å². The highest BCUT2D eigenvalue weighted by Gasteiger charge is 2.17. The zero-order valence-electron chi connectivity index (χ0n) is 26.2. The zero-order valence-corrected chi connectivity index (χ0v) is 26.2. The van der Waals surface area contributed by atoms with Crippen molar-refractivity contribution in [3.63, 3.8) is 0 Å². The van der Waals surface area contributed by atoms with E-state index in [0.29, 0.717) is 0 Å². The Labute approximate surface area is 279 Å². The van der Waals surface area contributed by atoms with Crippen molar-refractivity contribution < 1.29 is 0 Å². The van der Waals surface area contributed by atoms with Crippen LogP contribution in [-0.4, -0.2) is 9.97 Å². The summed E-state index contributed by atoms with van der Waals surface area (Å²) in [6.07, 6.45) is 0. The van der Waals surface area contributed by atoms with Crippen molar-refractivity contribution in [3.8, 4) is 56.2 Å². The van der Waals surface area contributed by atoms with Gasteiger partial charge in [-0.1, -0.05) is 170 Å². The summed E-state index contributed by atoms with van der Waals surface area (Å²) < 4.78 is 0. The molecule has 0 N–H and O–H groups in total. The maximum Gasteiger partial charge on any atom is 0.161 e. The molecule has 0 aliphatic heterocycles. The molecule has 0 radical (unpaired) electrons. The number of nitrogens with zero attached hydrogens (tertiary/aromatic N) is 2. The lowest BCUT2D eigenvalue weighted by atomic mass is 9.92. The second kappa shape index (κ2) is 11.8. The number of rotatable bonds is 5. The monoisotopic (exact) mass is 610 g/mol. The molecule has 2 heteroatoms. The largest absolute Gasteiger partial charge is 0.228 e. The fourth-order valence-corrected chi connectivity index (χ4v) is 6.84. The normalized spacial score (nSPS) is 11.3. The van der Waals surface area contributed by atoms with Crippen LogP contribution in [0.1, 0.15) is 0 Å². The lowest BCUT2D eigenvalue weighted by molar-refractivity contribution is 1.19. The lowest BCUT2D eigenvalue weighted by Gasteiger charge is -2.15. The molecule has 9 aromatic rings. The van der Waals surface area contributed by atoms with E-state index in [4.69, 9.17) is 9.97 Å². The predicted octanol–water partition coefficient (Wildman–Crippen LogP) is 12.3. The summed E-state index contributed by atoms with van der Waals surface area (Å²) in [5.41, 5.74) is 9.69. The molecule has 0 fully saturated rings. The molecule has 0 bridgehead atoms. The highest BCUT2D eigenvalue weighted by molar-refractivity contribution is 6.19. The third kappa shape index (κ3) is 5.01. The number of fused-ring (bicyclic) bond motifs is 4. The Morgan fingerprint density at radius 3 is 1.31 bits per heavy atom. The average molecular weight is 611 g/mol. The molecular formula is C46H30N2. The molecule has 0 saturated heterocycles. The summed E-state index contributed by atoms with van der Waals surface area (Å²) in [6, 6.07) is 64.5. The van der Waals surface area contributed by atoms with Gasteiger partial charge in [0.15, 0.2) is 5.82 Å². The van der Waals surface area contributed by atoms with Crippen LogP contribution >= 0.6 is 0 Å². The van der Waals surface area contributed by atoms with Gasteiger partial charge in [-0.3, -0.25) is 0 Å². The molecule has 0 aliphatic rings. The number of hydrogen-bond donors (Lipinski definition) is 0. The summed E-state index contributed by atoms with van der Waals surface area (Å²) in [5.74, 6) is 0.721. The third-order valence-electron chi connectivity index (χ3n) is 9.30. The first-order chi connectivity index (χ1) is 23.8. The molecule has 0 spiro atoms. The van der Waals surface area contributed by atoms with E-state index in [1.807, 2.05) is 12.1 Å². The van der Waals surface area contributed by atoms with Gasteiger partial charge in [-0.2, -0.15) is 0 Å². The Morgan fingerprint density at radius 1 is 0.271 bits per heavy atom. The molecule has 1 aromatic heterocycles. The molecule has 8 aromatic carbocycles. The van der Waals surface area contributed by atoms with Gasteiger partial charge >= 0.3 is 0 Å². The van der Waals surface area contributed by atoms with Crippen LogP contribution in [0.25, 0.3) is 88.5 Å². The first-order valence-electron chi connectivity index (χ1n) is 16.3. The second-order valence-corrected chi connectivity index (χ2v) is 12.2. The van der Waals surface area contributed by atoms with E-state index in [0.717, 1.165) is 44.7 Å². The van der Waals surface area contributed by atoms with E-state index in [2.05, 4.69) is 170 Å². The van der Waals surface area contributed by atoms with Crippen molar-refractivity contribution in [2.45, 2.75) is 0 Å². The third-order valence-corrected chi connectivity index (χ3v) is 9.30. The lowest BCUT2D eigenvalue weighted by Crippen LogP contribution is -1.98. The first kappa shape index (κ1) is 27.9. The minimum Gasteiger partial charge on any atom is -0.228 e. The standard InChI is InChI=1S/C46H30N2/c1-3-11-31(12-4-1)33-19-23-36(24-20-33)43-30-44(37-25-21-34(22-26-37)32-13-5-2-6-14-32)48-46(47-43)45-40-18-10-8-16-38(40)29-42-39-17-9-7-15-35(39)27-28-41(42)45/h1-30H. The smallest absolute Gasteiger partial charge is 0.161 e. The Balaban J connectivity index is 1.27. The molecule has 9 rings (SSSR count). The Hall–Kier alpha value is -6.38. The van der Waals surface area contributed by atoms with Crippen molar-refractivity contribution in [1.29, 1.82) is 0 Å². The SMILES string of the molecule is c1ccc(-c2ccc(-c3cc(-c4ccc(-c5ccccc5)cc4)nc(-c4c5ccccc5cc5c4ccc4ccccc45)n3)cc2)cc1. The van der Waals surface area contributed by atoms with Crippen molar-refractivity contribution in [1.82, 2.24) is 9.97 Å². The Morgan fingerprint density at radius 2 is 0.729 bits per heavy atom. The van der Waals surface area contributed by atoms with Crippen molar-refractivity contribution in [3.05, 3.63) is 182 Å². The summed E-state index contributed by atoms with van der Waals surface area (Å²) in [4.78, 5) is 10.7. The van der Waals surface area contributed by atoms with Crippen LogP contribution in [-0.2, 0) is 0 Å². The van der Waals surface area contributed by atoms with Gasteiger partial charge in [0.05, 0.1) is 11.4 Å². The summed E-state index contributed by atoms with van der Waals surface area (Å²) in [7, 11) is 0. The first-order valence-corrected chi connectivity index (χ1v) is 16.3. The summed E-state index contributed by atoms with van der Waals surface area (Å²) in [5, 5.41) is 7.12. The Bertz CT molecular complexity index is 2470. The van der Waals surface area contributed by atoms with E-state index in [-0.39, 0.29) is 0 Å². The second-order valence-electron chi connectivity index (χ2n) is 12.2. The van der Waals surface area contributed by atoms with Gasteiger partial charge in [-0.05, 0) is 66.7 Å². The minimum absolute atomic E-state index is 0.721. The van der Waals surface area contributed by atoms with Crippen LogP contribution < -0.4 is 0 Å². The molecule has 0 amide bonds. The maximum atomic E-state index is 5.34. The molecular weight excluding hydrogens is 581 g/mol. The van der Waals surface area contributed by atoms with Crippen LogP contribution in [0.2, 0.25) is 0 Å². The molecule has 0 saturated carbocycles. The van der Waals surface area contributed by atoms with Crippen LogP contribution in [0, 0.1) is 0 Å². The van der Waals surface area contributed by atoms with Gasteiger partial charge in [0, 0.05) is 16.7 Å². The van der Waals surface area contributed by atoms with Gasteiger partial charge in [0.2, 0.25) is 0 Å².